The summed E-state index contributed by atoms with van der Waals surface area (Å²) in [6, 6.07) is 16.0. The number of anilines is 2. The van der Waals surface area contributed by atoms with Gasteiger partial charge in [-0.15, -0.1) is 10.2 Å². The van der Waals surface area contributed by atoms with Crippen LogP contribution in [0, 0.1) is 5.82 Å². The molecule has 0 radical (unpaired) electrons. The Morgan fingerprint density at radius 2 is 1.89 bits per heavy atom. The lowest BCUT2D eigenvalue weighted by Crippen LogP contribution is -2.32. The molecule has 3 aromatic rings. The minimum atomic E-state index is -0.282. The molecule has 1 heterocycles. The van der Waals surface area contributed by atoms with E-state index in [4.69, 9.17) is 0 Å². The maximum Gasteiger partial charge on any atom is 0.233 e. The van der Waals surface area contributed by atoms with Crippen LogP contribution < -0.4 is 10.6 Å². The van der Waals surface area contributed by atoms with Crippen LogP contribution in [-0.2, 0) is 11.2 Å². The third-order valence-electron chi connectivity index (χ3n) is 3.70. The monoisotopic (exact) mass is 402 g/mol. The highest BCUT2D eigenvalue weighted by atomic mass is 32.2. The quantitative estimate of drug-likeness (QED) is 0.551. The molecule has 0 aliphatic rings. The Kier molecular flexibility index (Phi) is 6.78. The fourth-order valence-electron chi connectivity index (χ4n) is 2.28. The highest BCUT2D eigenvalue weighted by Gasteiger charge is 2.17. The molecule has 2 aromatic carbocycles. The Morgan fingerprint density at radius 1 is 1.15 bits per heavy atom. The molecule has 0 saturated heterocycles. The lowest BCUT2D eigenvalue weighted by Gasteiger charge is -2.10. The topological polar surface area (TPSA) is 66.9 Å². The molecular weight excluding hydrogens is 383 g/mol. The van der Waals surface area contributed by atoms with Gasteiger partial charge in [0.25, 0.3) is 0 Å². The highest BCUT2D eigenvalue weighted by molar-refractivity contribution is 8.02. The van der Waals surface area contributed by atoms with Crippen LogP contribution in [0.2, 0.25) is 0 Å². The zero-order valence-corrected chi connectivity index (χ0v) is 16.3. The highest BCUT2D eigenvalue weighted by Crippen LogP contribution is 2.30. The van der Waals surface area contributed by atoms with E-state index in [0.29, 0.717) is 18.1 Å². The number of amides is 1. The number of para-hydroxylation sites is 1. The van der Waals surface area contributed by atoms with Crippen molar-refractivity contribution < 1.29 is 9.18 Å². The number of thioether (sulfide) groups is 1. The Hall–Kier alpha value is -2.45. The number of benzene rings is 2. The van der Waals surface area contributed by atoms with E-state index < -0.39 is 0 Å². The van der Waals surface area contributed by atoms with Crippen molar-refractivity contribution in [2.75, 3.05) is 11.9 Å². The first kappa shape index (κ1) is 19.3. The van der Waals surface area contributed by atoms with Gasteiger partial charge in [0.1, 0.15) is 5.82 Å². The number of halogens is 1. The van der Waals surface area contributed by atoms with Crippen LogP contribution in [0.4, 0.5) is 15.2 Å². The van der Waals surface area contributed by atoms with E-state index in [2.05, 4.69) is 20.8 Å². The fraction of sp³-hybridized carbons (Fsp3) is 0.211. The lowest BCUT2D eigenvalue weighted by molar-refractivity contribution is -0.120. The summed E-state index contributed by atoms with van der Waals surface area (Å²) in [6.45, 7) is 2.34. The van der Waals surface area contributed by atoms with Crippen LogP contribution in [0.25, 0.3) is 0 Å². The molecule has 1 amide bonds. The summed E-state index contributed by atoms with van der Waals surface area (Å²) in [5, 5.41) is 14.7. The number of nitrogens with zero attached hydrogens (tertiary/aromatic N) is 2. The fourth-order valence-corrected chi connectivity index (χ4v) is 4.22. The van der Waals surface area contributed by atoms with Crippen LogP contribution >= 0.6 is 23.1 Å². The third-order valence-corrected chi connectivity index (χ3v) is 5.73. The van der Waals surface area contributed by atoms with Crippen molar-refractivity contribution in [1.82, 2.24) is 15.5 Å². The Balaban J connectivity index is 1.44. The van der Waals surface area contributed by atoms with Gasteiger partial charge in [-0.3, -0.25) is 4.79 Å². The first-order valence-corrected chi connectivity index (χ1v) is 10.1. The molecule has 140 valence electrons. The first-order chi connectivity index (χ1) is 13.1. The van der Waals surface area contributed by atoms with E-state index in [0.717, 1.165) is 15.6 Å². The van der Waals surface area contributed by atoms with Gasteiger partial charge in [0.2, 0.25) is 11.0 Å². The predicted octanol–water partition coefficient (Wildman–Crippen LogP) is 4.26. The summed E-state index contributed by atoms with van der Waals surface area (Å²) in [4.78, 5) is 12.2. The summed E-state index contributed by atoms with van der Waals surface area (Å²) < 4.78 is 13.6. The Labute approximate surface area is 165 Å². The molecule has 1 aromatic heterocycles. The summed E-state index contributed by atoms with van der Waals surface area (Å²) >= 11 is 2.78. The van der Waals surface area contributed by atoms with Crippen LogP contribution in [0.3, 0.4) is 0 Å². The number of hydrogen-bond acceptors (Lipinski definition) is 6. The third kappa shape index (κ3) is 6.04. The number of hydrogen-bond donors (Lipinski definition) is 2. The molecule has 0 spiro atoms. The van der Waals surface area contributed by atoms with Gasteiger partial charge in [-0.25, -0.2) is 4.39 Å². The minimum absolute atomic E-state index is 0.0603. The van der Waals surface area contributed by atoms with Crippen LogP contribution in [0.1, 0.15) is 12.5 Å². The average Bonchev–Trinajstić information content (AvgIpc) is 3.10. The number of aromatic nitrogens is 2. The van der Waals surface area contributed by atoms with E-state index in [1.807, 2.05) is 37.3 Å². The molecule has 0 aliphatic carbocycles. The molecule has 0 fully saturated rings. The standard InChI is InChI=1S/C19H19FN4OS2/c1-13(17(25)21-12-11-14-7-9-15(20)10-8-14)26-19-24-23-18(27-19)22-16-5-3-2-4-6-16/h2-10,13H,11-12H2,1H3,(H,21,25)(H,22,23)/t13-/m0/s1. The smallest absolute Gasteiger partial charge is 0.233 e. The van der Waals surface area contributed by atoms with Gasteiger partial charge in [-0.2, -0.15) is 0 Å². The van der Waals surface area contributed by atoms with E-state index in [1.165, 1.54) is 35.2 Å². The van der Waals surface area contributed by atoms with Gasteiger partial charge < -0.3 is 10.6 Å². The van der Waals surface area contributed by atoms with Crippen LogP contribution in [-0.4, -0.2) is 27.9 Å². The summed E-state index contributed by atoms with van der Waals surface area (Å²) in [5.41, 5.74) is 1.93. The van der Waals surface area contributed by atoms with Crippen molar-refractivity contribution in [3.05, 3.63) is 66.0 Å². The number of carbonyl (C=O) groups excluding carboxylic acids is 1. The summed E-state index contributed by atoms with van der Waals surface area (Å²) in [6.07, 6.45) is 0.660. The van der Waals surface area contributed by atoms with Gasteiger partial charge in [0.05, 0.1) is 5.25 Å². The maximum atomic E-state index is 12.9. The largest absolute Gasteiger partial charge is 0.355 e. The average molecular weight is 403 g/mol. The minimum Gasteiger partial charge on any atom is -0.355 e. The predicted molar refractivity (Wildman–Crippen MR) is 108 cm³/mol. The van der Waals surface area contributed by atoms with Gasteiger partial charge in [-0.05, 0) is 43.2 Å². The second-order valence-corrected chi connectivity index (χ2v) is 8.36. The Bertz CT molecular complexity index is 871. The van der Waals surface area contributed by atoms with E-state index >= 15 is 0 Å². The molecule has 0 bridgehead atoms. The molecule has 27 heavy (non-hydrogen) atoms. The van der Waals surface area contributed by atoms with Crippen molar-refractivity contribution in [3.8, 4) is 0 Å². The van der Waals surface area contributed by atoms with Crippen LogP contribution in [0.15, 0.2) is 58.9 Å². The van der Waals surface area contributed by atoms with Gasteiger partial charge in [0.15, 0.2) is 4.34 Å². The van der Waals surface area contributed by atoms with Crippen LogP contribution in [0.5, 0.6) is 0 Å². The second-order valence-electron chi connectivity index (χ2n) is 5.79. The summed E-state index contributed by atoms with van der Waals surface area (Å²) in [5.74, 6) is -0.319. The van der Waals surface area contributed by atoms with Gasteiger partial charge in [-0.1, -0.05) is 53.4 Å². The molecule has 0 unspecified atom stereocenters. The zero-order chi connectivity index (χ0) is 19.1. The van der Waals surface area contributed by atoms with Gasteiger partial charge >= 0.3 is 0 Å². The molecule has 3 rings (SSSR count). The lowest BCUT2D eigenvalue weighted by atomic mass is 10.1. The van der Waals surface area contributed by atoms with E-state index in [9.17, 15) is 9.18 Å². The maximum absolute atomic E-state index is 12.9. The molecule has 2 N–H and O–H groups in total. The molecule has 5 nitrogen and oxygen atoms in total. The summed E-state index contributed by atoms with van der Waals surface area (Å²) in [7, 11) is 0. The van der Waals surface area contributed by atoms with Crippen molar-refractivity contribution in [3.63, 3.8) is 0 Å². The molecule has 1 atom stereocenters. The second kappa shape index (κ2) is 9.48. The normalized spacial score (nSPS) is 11.8. The van der Waals surface area contributed by atoms with Gasteiger partial charge in [0, 0.05) is 12.2 Å². The van der Waals surface area contributed by atoms with E-state index in [-0.39, 0.29) is 17.0 Å². The molecular formula is C19H19FN4OS2. The zero-order valence-electron chi connectivity index (χ0n) is 14.7. The van der Waals surface area contributed by atoms with Crippen molar-refractivity contribution in [2.24, 2.45) is 0 Å². The van der Waals surface area contributed by atoms with Crippen molar-refractivity contribution in [2.45, 2.75) is 22.9 Å². The Morgan fingerprint density at radius 3 is 2.63 bits per heavy atom. The SMILES string of the molecule is C[C@H](Sc1nnc(Nc2ccccc2)s1)C(=O)NCCc1ccc(F)cc1. The first-order valence-electron chi connectivity index (χ1n) is 8.44. The molecule has 8 heteroatoms. The number of carbonyl (C=O) groups is 1. The van der Waals surface area contributed by atoms with Crippen molar-refractivity contribution >= 4 is 39.8 Å². The molecule has 0 saturated carbocycles. The number of nitrogens with one attached hydrogen (secondary N) is 2. The van der Waals surface area contributed by atoms with E-state index in [1.54, 1.807) is 12.1 Å². The molecule has 0 aliphatic heterocycles. The number of rotatable bonds is 8. The van der Waals surface area contributed by atoms with Crippen molar-refractivity contribution in [1.29, 1.82) is 0 Å².